The molecule has 0 saturated heterocycles. The van der Waals surface area contributed by atoms with E-state index in [0.29, 0.717) is 6.04 Å². The third-order valence-corrected chi connectivity index (χ3v) is 2.46. The van der Waals surface area contributed by atoms with Gasteiger partial charge in [-0.25, -0.2) is 0 Å². The van der Waals surface area contributed by atoms with Gasteiger partial charge in [-0.3, -0.25) is 4.68 Å². The van der Waals surface area contributed by atoms with Gasteiger partial charge in [0.05, 0.1) is 6.20 Å². The lowest BCUT2D eigenvalue weighted by molar-refractivity contribution is 0.539. The first-order valence-corrected chi connectivity index (χ1v) is 5.45. The molecule has 1 aromatic heterocycles. The SMILES string of the molecule is CCCC(N)CCCc1cnn(C)c1. The molecule has 3 heteroatoms. The van der Waals surface area contributed by atoms with Crippen LogP contribution in [0.4, 0.5) is 0 Å². The molecule has 0 aliphatic rings. The molecule has 0 spiro atoms. The van der Waals surface area contributed by atoms with Crippen LogP contribution in [0.15, 0.2) is 12.4 Å². The molecule has 1 rings (SSSR count). The summed E-state index contributed by atoms with van der Waals surface area (Å²) in [6.07, 6.45) is 9.75. The van der Waals surface area contributed by atoms with E-state index in [4.69, 9.17) is 5.73 Å². The summed E-state index contributed by atoms with van der Waals surface area (Å²) in [6, 6.07) is 0.386. The molecule has 0 aliphatic carbocycles. The first-order valence-electron chi connectivity index (χ1n) is 5.45. The van der Waals surface area contributed by atoms with Gasteiger partial charge in [0.25, 0.3) is 0 Å². The predicted octanol–water partition coefficient (Wildman–Crippen LogP) is 1.87. The van der Waals surface area contributed by atoms with E-state index in [0.717, 1.165) is 19.3 Å². The van der Waals surface area contributed by atoms with Crippen LogP contribution < -0.4 is 5.73 Å². The van der Waals surface area contributed by atoms with Gasteiger partial charge in [0.1, 0.15) is 0 Å². The van der Waals surface area contributed by atoms with E-state index in [1.54, 1.807) is 0 Å². The molecule has 80 valence electrons. The second-order valence-corrected chi connectivity index (χ2v) is 3.96. The molecule has 0 aliphatic heterocycles. The molecule has 2 N–H and O–H groups in total. The van der Waals surface area contributed by atoms with Gasteiger partial charge in [0.15, 0.2) is 0 Å². The van der Waals surface area contributed by atoms with Crippen molar-refractivity contribution in [2.24, 2.45) is 12.8 Å². The Morgan fingerprint density at radius 2 is 2.29 bits per heavy atom. The zero-order valence-electron chi connectivity index (χ0n) is 9.24. The molecule has 1 heterocycles. The number of nitrogens with zero attached hydrogens (tertiary/aromatic N) is 2. The Bertz CT molecular complexity index is 255. The molecule has 1 unspecified atom stereocenters. The monoisotopic (exact) mass is 195 g/mol. The van der Waals surface area contributed by atoms with E-state index in [1.807, 2.05) is 17.9 Å². The van der Waals surface area contributed by atoms with E-state index in [9.17, 15) is 0 Å². The number of aryl methyl sites for hydroxylation is 2. The molecule has 0 amide bonds. The molecular weight excluding hydrogens is 174 g/mol. The Morgan fingerprint density at radius 1 is 1.50 bits per heavy atom. The maximum absolute atomic E-state index is 5.93. The van der Waals surface area contributed by atoms with Crippen molar-refractivity contribution < 1.29 is 0 Å². The number of hydrogen-bond acceptors (Lipinski definition) is 2. The van der Waals surface area contributed by atoms with Crippen molar-refractivity contribution in [2.45, 2.75) is 45.1 Å². The summed E-state index contributed by atoms with van der Waals surface area (Å²) in [7, 11) is 1.95. The highest BCUT2D eigenvalue weighted by Crippen LogP contribution is 2.07. The third-order valence-electron chi connectivity index (χ3n) is 2.46. The Balaban J connectivity index is 2.15. The van der Waals surface area contributed by atoms with Crippen molar-refractivity contribution in [3.63, 3.8) is 0 Å². The minimum atomic E-state index is 0.386. The molecule has 0 aromatic carbocycles. The van der Waals surface area contributed by atoms with Crippen LogP contribution in [0.2, 0.25) is 0 Å². The average Bonchev–Trinajstić information content (AvgIpc) is 2.52. The molecule has 1 aromatic rings. The summed E-state index contributed by atoms with van der Waals surface area (Å²) in [5, 5.41) is 4.14. The highest BCUT2D eigenvalue weighted by atomic mass is 15.2. The van der Waals surface area contributed by atoms with Gasteiger partial charge in [0.2, 0.25) is 0 Å². The fourth-order valence-electron chi connectivity index (χ4n) is 1.68. The van der Waals surface area contributed by atoms with Crippen molar-refractivity contribution >= 4 is 0 Å². The summed E-state index contributed by atoms with van der Waals surface area (Å²) in [4.78, 5) is 0. The summed E-state index contributed by atoms with van der Waals surface area (Å²) in [6.45, 7) is 2.18. The largest absolute Gasteiger partial charge is 0.328 e. The Kier molecular flexibility index (Phi) is 4.66. The molecule has 14 heavy (non-hydrogen) atoms. The van der Waals surface area contributed by atoms with Crippen molar-refractivity contribution in [3.8, 4) is 0 Å². The molecule has 0 fully saturated rings. The molecule has 0 radical (unpaired) electrons. The van der Waals surface area contributed by atoms with Gasteiger partial charge >= 0.3 is 0 Å². The van der Waals surface area contributed by atoms with Crippen molar-refractivity contribution in [3.05, 3.63) is 18.0 Å². The summed E-state index contributed by atoms with van der Waals surface area (Å²) in [5.41, 5.74) is 7.25. The van der Waals surface area contributed by atoms with Crippen molar-refractivity contribution in [2.75, 3.05) is 0 Å². The van der Waals surface area contributed by atoms with Crippen LogP contribution in [-0.2, 0) is 13.5 Å². The van der Waals surface area contributed by atoms with Crippen molar-refractivity contribution in [1.82, 2.24) is 9.78 Å². The van der Waals surface area contributed by atoms with Crippen LogP contribution in [0.5, 0.6) is 0 Å². The zero-order chi connectivity index (χ0) is 10.4. The summed E-state index contributed by atoms with van der Waals surface area (Å²) < 4.78 is 1.85. The van der Waals surface area contributed by atoms with Gasteiger partial charge in [-0.05, 0) is 31.2 Å². The molecule has 0 bridgehead atoms. The smallest absolute Gasteiger partial charge is 0.0521 e. The van der Waals surface area contributed by atoms with Crippen molar-refractivity contribution in [1.29, 1.82) is 0 Å². The van der Waals surface area contributed by atoms with Crippen LogP contribution >= 0.6 is 0 Å². The van der Waals surface area contributed by atoms with E-state index in [-0.39, 0.29) is 0 Å². The Labute approximate surface area is 86.3 Å². The molecular formula is C11H21N3. The van der Waals surface area contributed by atoms with Crippen LogP contribution in [-0.4, -0.2) is 15.8 Å². The second kappa shape index (κ2) is 5.81. The van der Waals surface area contributed by atoms with Crippen LogP contribution in [0.25, 0.3) is 0 Å². The van der Waals surface area contributed by atoms with E-state index in [1.165, 1.54) is 18.4 Å². The fourth-order valence-corrected chi connectivity index (χ4v) is 1.68. The first-order chi connectivity index (χ1) is 6.72. The minimum Gasteiger partial charge on any atom is -0.328 e. The van der Waals surface area contributed by atoms with Gasteiger partial charge in [-0.1, -0.05) is 13.3 Å². The minimum absolute atomic E-state index is 0.386. The molecule has 1 atom stereocenters. The average molecular weight is 195 g/mol. The van der Waals surface area contributed by atoms with Crippen LogP contribution in [0, 0.1) is 0 Å². The Hall–Kier alpha value is -0.830. The molecule has 3 nitrogen and oxygen atoms in total. The number of hydrogen-bond donors (Lipinski definition) is 1. The summed E-state index contributed by atoms with van der Waals surface area (Å²) >= 11 is 0. The maximum Gasteiger partial charge on any atom is 0.0521 e. The highest BCUT2D eigenvalue weighted by molar-refractivity contribution is 5.03. The lowest BCUT2D eigenvalue weighted by atomic mass is 10.0. The van der Waals surface area contributed by atoms with Gasteiger partial charge in [-0.2, -0.15) is 5.10 Å². The van der Waals surface area contributed by atoms with Gasteiger partial charge in [0, 0.05) is 19.3 Å². The second-order valence-electron chi connectivity index (χ2n) is 3.96. The number of aromatic nitrogens is 2. The first kappa shape index (κ1) is 11.2. The van der Waals surface area contributed by atoms with E-state index >= 15 is 0 Å². The topological polar surface area (TPSA) is 43.8 Å². The van der Waals surface area contributed by atoms with Crippen LogP contribution in [0.3, 0.4) is 0 Å². The summed E-state index contributed by atoms with van der Waals surface area (Å²) in [5.74, 6) is 0. The van der Waals surface area contributed by atoms with Crippen LogP contribution in [0.1, 0.15) is 38.2 Å². The quantitative estimate of drug-likeness (QED) is 0.753. The van der Waals surface area contributed by atoms with Gasteiger partial charge < -0.3 is 5.73 Å². The lowest BCUT2D eigenvalue weighted by Gasteiger charge is -2.08. The van der Waals surface area contributed by atoms with Gasteiger partial charge in [-0.15, -0.1) is 0 Å². The molecule has 0 saturated carbocycles. The van der Waals surface area contributed by atoms with E-state index < -0.39 is 0 Å². The normalized spacial score (nSPS) is 13.1. The number of nitrogens with two attached hydrogens (primary N) is 1. The fraction of sp³-hybridized carbons (Fsp3) is 0.727. The van der Waals surface area contributed by atoms with E-state index in [2.05, 4.69) is 18.2 Å². The standard InChI is InChI=1S/C11H21N3/c1-3-5-11(12)7-4-6-10-8-13-14(2)9-10/h8-9,11H,3-7,12H2,1-2H3. The third kappa shape index (κ3) is 3.92. The number of rotatable bonds is 6. The maximum atomic E-state index is 5.93. The Morgan fingerprint density at radius 3 is 2.86 bits per heavy atom. The predicted molar refractivity (Wildman–Crippen MR) is 59.0 cm³/mol. The zero-order valence-corrected chi connectivity index (χ0v) is 9.24. The highest BCUT2D eigenvalue weighted by Gasteiger charge is 2.01. The lowest BCUT2D eigenvalue weighted by Crippen LogP contribution is -2.19.